The standard InChI is InChI=1S/C35H39ClFN3O5Si/c1-23-33(46(2,3)37)30(20-32(43)38(16-17-41)21-24-8-5-4-6-9-24)45-35(23)28-19-26(36)12-13-29(28)40(34(35)44)22-25-10-7-11-27(18-25)39-15-14-31(39)42/h4-13,18-19,23,30,33,41H,14-17,20-22H2,1-3H3/t23-,30+,33-,35+/m1/s1. The number of rotatable bonds is 10. The van der Waals surface area contributed by atoms with Crippen LogP contribution in [-0.4, -0.2) is 61.9 Å². The molecule has 1 N–H and O–H groups in total. The number of benzene rings is 3. The van der Waals surface area contributed by atoms with Crippen LogP contribution in [0.1, 0.15) is 36.5 Å². The Balaban J connectivity index is 1.33. The van der Waals surface area contributed by atoms with Crippen LogP contribution in [0.4, 0.5) is 15.5 Å². The number of fused-ring (bicyclic) bond motifs is 2. The first-order chi connectivity index (χ1) is 21.9. The highest BCUT2D eigenvalue weighted by atomic mass is 35.5. The molecular formula is C35H39ClFN3O5Si. The molecule has 2 fully saturated rings. The molecule has 3 aromatic rings. The zero-order valence-electron chi connectivity index (χ0n) is 26.3. The lowest BCUT2D eigenvalue weighted by atomic mass is 9.82. The number of hydrogen-bond donors (Lipinski definition) is 1. The maximum atomic E-state index is 16.3. The van der Waals surface area contributed by atoms with E-state index in [1.807, 2.05) is 61.5 Å². The van der Waals surface area contributed by atoms with Gasteiger partial charge in [-0.25, -0.2) is 0 Å². The summed E-state index contributed by atoms with van der Waals surface area (Å²) in [6.45, 7) is 6.12. The Morgan fingerprint density at radius 2 is 1.83 bits per heavy atom. The summed E-state index contributed by atoms with van der Waals surface area (Å²) in [4.78, 5) is 45.5. The quantitative estimate of drug-likeness (QED) is 0.168. The number of aliphatic hydroxyl groups excluding tert-OH is 1. The molecule has 0 unspecified atom stereocenters. The Morgan fingerprint density at radius 1 is 1.09 bits per heavy atom. The number of β-lactam (4-membered cyclic amide) rings is 1. The number of aliphatic hydroxyl groups is 1. The number of nitrogens with zero attached hydrogens (tertiary/aromatic N) is 3. The van der Waals surface area contributed by atoms with Crippen molar-refractivity contribution in [2.75, 3.05) is 29.5 Å². The topological polar surface area (TPSA) is 90.4 Å². The van der Waals surface area contributed by atoms with E-state index < -0.39 is 31.6 Å². The number of amides is 3. The summed E-state index contributed by atoms with van der Waals surface area (Å²) in [5, 5.41) is 10.2. The van der Waals surface area contributed by atoms with Crippen molar-refractivity contribution in [1.29, 1.82) is 0 Å². The van der Waals surface area contributed by atoms with E-state index in [0.717, 1.165) is 16.8 Å². The van der Waals surface area contributed by atoms with Crippen LogP contribution in [0.3, 0.4) is 0 Å². The zero-order valence-corrected chi connectivity index (χ0v) is 28.0. The van der Waals surface area contributed by atoms with Gasteiger partial charge in [-0.05, 0) is 54.6 Å². The largest absolute Gasteiger partial charge is 0.395 e. The fourth-order valence-corrected chi connectivity index (χ4v) is 10.2. The molecule has 4 atom stereocenters. The Bertz CT molecular complexity index is 1650. The first-order valence-corrected chi connectivity index (χ1v) is 19.1. The van der Waals surface area contributed by atoms with Crippen molar-refractivity contribution in [2.24, 2.45) is 5.92 Å². The van der Waals surface area contributed by atoms with Crippen molar-refractivity contribution in [3.05, 3.63) is 94.5 Å². The van der Waals surface area contributed by atoms with E-state index in [4.69, 9.17) is 16.3 Å². The molecule has 0 bridgehead atoms. The average molecular weight is 664 g/mol. The van der Waals surface area contributed by atoms with Crippen molar-refractivity contribution in [3.63, 3.8) is 0 Å². The van der Waals surface area contributed by atoms with Gasteiger partial charge in [0.2, 0.25) is 20.2 Å². The summed E-state index contributed by atoms with van der Waals surface area (Å²) in [6.07, 6.45) is -0.467. The van der Waals surface area contributed by atoms with Crippen LogP contribution in [0.25, 0.3) is 0 Å². The highest BCUT2D eigenvalue weighted by Gasteiger charge is 2.67. The van der Waals surface area contributed by atoms with Gasteiger partial charge in [0, 0.05) is 53.8 Å². The molecule has 46 heavy (non-hydrogen) atoms. The minimum atomic E-state index is -3.51. The molecule has 0 aromatic heterocycles. The average Bonchev–Trinajstić information content (AvgIpc) is 3.43. The van der Waals surface area contributed by atoms with Crippen molar-refractivity contribution in [1.82, 2.24) is 4.90 Å². The molecule has 0 radical (unpaired) electrons. The molecule has 3 aliphatic heterocycles. The lowest BCUT2D eigenvalue weighted by molar-refractivity contribution is -0.150. The van der Waals surface area contributed by atoms with Crippen LogP contribution in [0.5, 0.6) is 0 Å². The highest BCUT2D eigenvalue weighted by molar-refractivity contribution is 6.72. The molecule has 242 valence electrons. The van der Waals surface area contributed by atoms with Crippen molar-refractivity contribution in [2.45, 2.75) is 63.2 Å². The SMILES string of the molecule is C[C@@H]1[C@@H]([Si](C)(C)F)[C@H](CC(=O)N(CCO)Cc2ccccc2)O[C@@]12C(=O)N(Cc1cccc(N3CCC3=O)c1)c1ccc(Cl)cc12. The van der Waals surface area contributed by atoms with E-state index in [2.05, 4.69) is 0 Å². The number of carbonyl (C=O) groups excluding carboxylic acids is 3. The molecule has 1 spiro atoms. The molecule has 3 aliphatic rings. The second-order valence-corrected chi connectivity index (χ2v) is 17.2. The van der Waals surface area contributed by atoms with Gasteiger partial charge in [0.1, 0.15) is 0 Å². The van der Waals surface area contributed by atoms with Gasteiger partial charge < -0.3 is 28.7 Å². The smallest absolute Gasteiger partial charge is 0.264 e. The summed E-state index contributed by atoms with van der Waals surface area (Å²) >= 11 is 6.51. The van der Waals surface area contributed by atoms with E-state index in [9.17, 15) is 19.5 Å². The molecule has 0 saturated carbocycles. The third-order valence-electron chi connectivity index (χ3n) is 9.65. The predicted molar refractivity (Wildman–Crippen MR) is 178 cm³/mol. The molecule has 2 saturated heterocycles. The van der Waals surface area contributed by atoms with Crippen LogP contribution in [0.15, 0.2) is 72.8 Å². The van der Waals surface area contributed by atoms with Crippen LogP contribution in [-0.2, 0) is 37.8 Å². The second-order valence-electron chi connectivity index (χ2n) is 13.0. The lowest BCUT2D eigenvalue weighted by Gasteiger charge is -2.32. The van der Waals surface area contributed by atoms with Gasteiger partial charge in [0.15, 0.2) is 5.60 Å². The van der Waals surface area contributed by atoms with Gasteiger partial charge in [-0.2, -0.15) is 0 Å². The van der Waals surface area contributed by atoms with Gasteiger partial charge >= 0.3 is 0 Å². The van der Waals surface area contributed by atoms with E-state index in [-0.39, 0.29) is 43.8 Å². The van der Waals surface area contributed by atoms with Gasteiger partial charge in [-0.1, -0.05) is 61.0 Å². The monoisotopic (exact) mass is 663 g/mol. The predicted octanol–water partition coefficient (Wildman–Crippen LogP) is 5.81. The van der Waals surface area contributed by atoms with Crippen LogP contribution >= 0.6 is 11.6 Å². The van der Waals surface area contributed by atoms with Gasteiger partial charge in [0.05, 0.1) is 31.4 Å². The maximum Gasteiger partial charge on any atom is 0.264 e. The Labute approximate surface area is 274 Å². The van der Waals surface area contributed by atoms with Crippen LogP contribution < -0.4 is 9.80 Å². The number of anilines is 2. The lowest BCUT2D eigenvalue weighted by Crippen LogP contribution is -2.45. The molecule has 11 heteroatoms. The third kappa shape index (κ3) is 5.76. The van der Waals surface area contributed by atoms with Gasteiger partial charge in [-0.15, -0.1) is 0 Å². The van der Waals surface area contributed by atoms with Crippen molar-refractivity contribution < 1.29 is 28.3 Å². The fraction of sp³-hybridized carbons (Fsp3) is 0.400. The van der Waals surface area contributed by atoms with E-state index >= 15 is 4.11 Å². The van der Waals surface area contributed by atoms with Crippen LogP contribution in [0.2, 0.25) is 23.7 Å². The summed E-state index contributed by atoms with van der Waals surface area (Å²) < 4.78 is 23.1. The minimum Gasteiger partial charge on any atom is -0.395 e. The van der Waals surface area contributed by atoms with E-state index in [1.165, 1.54) is 0 Å². The zero-order chi connectivity index (χ0) is 32.8. The maximum absolute atomic E-state index is 16.3. The molecule has 0 aliphatic carbocycles. The Morgan fingerprint density at radius 3 is 2.48 bits per heavy atom. The first kappa shape index (κ1) is 32.4. The highest BCUT2D eigenvalue weighted by Crippen LogP contribution is 2.60. The number of carbonyl (C=O) groups is 3. The molecule has 8 nitrogen and oxygen atoms in total. The number of ether oxygens (including phenoxy) is 1. The van der Waals surface area contributed by atoms with Crippen LogP contribution in [0, 0.1) is 5.92 Å². The van der Waals surface area contributed by atoms with Gasteiger partial charge in [-0.3, -0.25) is 14.4 Å². The minimum absolute atomic E-state index is 0.0625. The summed E-state index contributed by atoms with van der Waals surface area (Å²) in [5.41, 5.74) is 1.52. The summed E-state index contributed by atoms with van der Waals surface area (Å²) in [6, 6.07) is 22.3. The fourth-order valence-electron chi connectivity index (χ4n) is 7.49. The van der Waals surface area contributed by atoms with Gasteiger partial charge in [0.25, 0.3) is 5.91 Å². The third-order valence-corrected chi connectivity index (χ3v) is 12.3. The van der Waals surface area contributed by atoms with Crippen molar-refractivity contribution in [3.8, 4) is 0 Å². The van der Waals surface area contributed by atoms with Crippen molar-refractivity contribution >= 4 is 49.1 Å². The first-order valence-electron chi connectivity index (χ1n) is 15.7. The summed E-state index contributed by atoms with van der Waals surface area (Å²) in [7, 11) is -3.51. The van der Waals surface area contributed by atoms with E-state index in [1.54, 1.807) is 46.0 Å². The molecule has 3 aromatic carbocycles. The molecule has 3 amide bonds. The van der Waals surface area contributed by atoms with E-state index in [0.29, 0.717) is 35.8 Å². The molecule has 3 heterocycles. The second kappa shape index (κ2) is 12.6. The summed E-state index contributed by atoms with van der Waals surface area (Å²) in [5.74, 6) is -1.12. The molecular weight excluding hydrogens is 625 g/mol. The Kier molecular flexibility index (Phi) is 8.84. The molecule has 6 rings (SSSR count). The number of hydrogen-bond acceptors (Lipinski definition) is 5. The normalized spacial score (nSPS) is 24.0. The number of halogens is 2. The Hall–Kier alpha value is -3.57.